The monoisotopic (exact) mass is 200 g/mol. The first-order valence-electron chi connectivity index (χ1n) is 2.90. The topological polar surface area (TPSA) is 53.8 Å². The fourth-order valence-electron chi connectivity index (χ4n) is 0.660. The first-order valence-corrected chi connectivity index (χ1v) is 3.66. The van der Waals surface area contributed by atoms with Gasteiger partial charge in [0.25, 0.3) is 5.24 Å². The number of nitrogens with zero attached hydrogens (tertiary/aromatic N) is 2. The standard InChI is InChI=1S/C7H2Cl2N2O/c8-6-4(1-10)2-11-3-5(6)7(9)12/h2-3H. The fourth-order valence-corrected chi connectivity index (χ4v) is 1.08. The number of halogens is 2. The van der Waals surface area contributed by atoms with E-state index in [1.165, 1.54) is 12.4 Å². The van der Waals surface area contributed by atoms with Crippen molar-refractivity contribution in [2.24, 2.45) is 0 Å². The molecule has 0 radical (unpaired) electrons. The van der Waals surface area contributed by atoms with E-state index < -0.39 is 5.24 Å². The molecule has 60 valence electrons. The first-order chi connectivity index (χ1) is 5.66. The minimum atomic E-state index is -0.718. The second-order valence-electron chi connectivity index (χ2n) is 1.93. The minimum absolute atomic E-state index is 0.0486. The maximum atomic E-state index is 10.7. The summed E-state index contributed by atoms with van der Waals surface area (Å²) in [6.07, 6.45) is 2.49. The Morgan fingerprint density at radius 3 is 2.75 bits per heavy atom. The van der Waals surface area contributed by atoms with E-state index in [1.807, 2.05) is 0 Å². The van der Waals surface area contributed by atoms with Crippen molar-refractivity contribution < 1.29 is 4.79 Å². The van der Waals surface area contributed by atoms with Gasteiger partial charge in [0.2, 0.25) is 0 Å². The zero-order chi connectivity index (χ0) is 9.14. The molecule has 0 saturated carbocycles. The van der Waals surface area contributed by atoms with Crippen LogP contribution in [0.25, 0.3) is 0 Å². The molecule has 0 atom stereocenters. The van der Waals surface area contributed by atoms with Crippen molar-refractivity contribution in [3.63, 3.8) is 0 Å². The second kappa shape index (κ2) is 3.53. The molecule has 0 N–H and O–H groups in total. The van der Waals surface area contributed by atoms with Gasteiger partial charge < -0.3 is 0 Å². The summed E-state index contributed by atoms with van der Waals surface area (Å²) in [5.41, 5.74) is 0.195. The Labute approximate surface area is 78.5 Å². The molecule has 1 heterocycles. The third kappa shape index (κ3) is 1.55. The Morgan fingerprint density at radius 2 is 2.25 bits per heavy atom. The van der Waals surface area contributed by atoms with Crippen molar-refractivity contribution in [3.05, 3.63) is 28.5 Å². The van der Waals surface area contributed by atoms with Gasteiger partial charge in [-0.1, -0.05) is 11.6 Å². The van der Waals surface area contributed by atoms with E-state index in [1.54, 1.807) is 6.07 Å². The van der Waals surface area contributed by atoms with E-state index in [0.29, 0.717) is 0 Å². The van der Waals surface area contributed by atoms with Gasteiger partial charge in [0.15, 0.2) is 0 Å². The van der Waals surface area contributed by atoms with Crippen molar-refractivity contribution >= 4 is 28.4 Å². The number of pyridine rings is 1. The van der Waals surface area contributed by atoms with Crippen molar-refractivity contribution in [1.82, 2.24) is 4.98 Å². The van der Waals surface area contributed by atoms with Crippen LogP contribution in [0.4, 0.5) is 0 Å². The first kappa shape index (κ1) is 8.98. The van der Waals surface area contributed by atoms with Crippen LogP contribution in [0.5, 0.6) is 0 Å². The predicted octanol–water partition coefficient (Wildman–Crippen LogP) is 1.99. The number of carbonyl (C=O) groups is 1. The zero-order valence-corrected chi connectivity index (χ0v) is 7.23. The van der Waals surface area contributed by atoms with Gasteiger partial charge >= 0.3 is 0 Å². The second-order valence-corrected chi connectivity index (χ2v) is 2.66. The fraction of sp³-hybridized carbons (Fsp3) is 0. The molecular weight excluding hydrogens is 199 g/mol. The lowest BCUT2D eigenvalue weighted by atomic mass is 10.2. The molecule has 12 heavy (non-hydrogen) atoms. The lowest BCUT2D eigenvalue weighted by Crippen LogP contribution is -1.94. The van der Waals surface area contributed by atoms with Gasteiger partial charge in [-0.05, 0) is 11.6 Å². The Hall–Kier alpha value is -1.11. The maximum Gasteiger partial charge on any atom is 0.255 e. The number of hydrogen-bond acceptors (Lipinski definition) is 3. The quantitative estimate of drug-likeness (QED) is 0.652. The summed E-state index contributed by atoms with van der Waals surface area (Å²) in [5.74, 6) is 0. The van der Waals surface area contributed by atoms with Crippen LogP contribution >= 0.6 is 23.2 Å². The lowest BCUT2D eigenvalue weighted by Gasteiger charge is -1.97. The summed E-state index contributed by atoms with van der Waals surface area (Å²) < 4.78 is 0. The SMILES string of the molecule is N#Cc1cncc(C(=O)Cl)c1Cl. The highest BCUT2D eigenvalue weighted by Crippen LogP contribution is 2.20. The number of nitriles is 1. The molecule has 0 aliphatic rings. The van der Waals surface area contributed by atoms with Crippen molar-refractivity contribution in [2.75, 3.05) is 0 Å². The van der Waals surface area contributed by atoms with Crippen LogP contribution in [0.15, 0.2) is 12.4 Å². The third-order valence-corrected chi connectivity index (χ3v) is 1.82. The molecule has 0 spiro atoms. The Kier molecular flexibility index (Phi) is 2.64. The van der Waals surface area contributed by atoms with E-state index in [0.717, 1.165) is 0 Å². The number of aromatic nitrogens is 1. The molecule has 0 aliphatic heterocycles. The van der Waals surface area contributed by atoms with Crippen LogP contribution in [-0.4, -0.2) is 10.2 Å². The molecule has 5 heteroatoms. The van der Waals surface area contributed by atoms with Crippen LogP contribution in [0.3, 0.4) is 0 Å². The van der Waals surface area contributed by atoms with Gasteiger partial charge in [-0.3, -0.25) is 9.78 Å². The summed E-state index contributed by atoms with van der Waals surface area (Å²) in [6, 6.07) is 1.79. The van der Waals surface area contributed by atoms with Crippen molar-refractivity contribution in [2.45, 2.75) is 0 Å². The molecule has 0 fully saturated rings. The molecule has 0 aromatic carbocycles. The van der Waals surface area contributed by atoms with Gasteiger partial charge in [0, 0.05) is 12.4 Å². The molecule has 0 saturated heterocycles. The molecule has 1 aromatic rings. The largest absolute Gasteiger partial charge is 0.275 e. The molecule has 0 unspecified atom stereocenters. The predicted molar refractivity (Wildman–Crippen MR) is 44.1 cm³/mol. The van der Waals surface area contributed by atoms with Crippen molar-refractivity contribution in [3.8, 4) is 6.07 Å². The highest BCUT2D eigenvalue weighted by molar-refractivity contribution is 6.68. The summed E-state index contributed by atoms with van der Waals surface area (Å²) in [5, 5.41) is 7.83. The van der Waals surface area contributed by atoms with Crippen LogP contribution in [0.1, 0.15) is 15.9 Å². The van der Waals surface area contributed by atoms with E-state index in [9.17, 15) is 4.79 Å². The summed E-state index contributed by atoms with van der Waals surface area (Å²) in [6.45, 7) is 0. The minimum Gasteiger partial charge on any atom is -0.275 e. The van der Waals surface area contributed by atoms with E-state index in [2.05, 4.69) is 4.98 Å². The summed E-state index contributed by atoms with van der Waals surface area (Å²) >= 11 is 10.8. The molecule has 1 aromatic heterocycles. The Bertz CT molecular complexity index is 370. The van der Waals surface area contributed by atoms with Crippen LogP contribution in [0, 0.1) is 11.3 Å². The number of hydrogen-bond donors (Lipinski definition) is 0. The van der Waals surface area contributed by atoms with E-state index in [4.69, 9.17) is 28.5 Å². The molecule has 3 nitrogen and oxygen atoms in total. The van der Waals surface area contributed by atoms with Crippen LogP contribution in [-0.2, 0) is 0 Å². The van der Waals surface area contributed by atoms with Crippen LogP contribution < -0.4 is 0 Å². The molecule has 1 rings (SSSR count). The van der Waals surface area contributed by atoms with E-state index >= 15 is 0 Å². The highest BCUT2D eigenvalue weighted by atomic mass is 35.5. The molecule has 0 bridgehead atoms. The maximum absolute atomic E-state index is 10.7. The Morgan fingerprint density at radius 1 is 1.58 bits per heavy atom. The van der Waals surface area contributed by atoms with Crippen LogP contribution in [0.2, 0.25) is 5.02 Å². The third-order valence-electron chi connectivity index (χ3n) is 1.21. The normalized spacial score (nSPS) is 9.08. The van der Waals surface area contributed by atoms with E-state index in [-0.39, 0.29) is 16.1 Å². The molecular formula is C7H2Cl2N2O. The molecule has 0 aliphatic carbocycles. The van der Waals surface area contributed by atoms with Gasteiger partial charge in [-0.25, -0.2) is 0 Å². The summed E-state index contributed by atoms with van der Waals surface area (Å²) in [7, 11) is 0. The lowest BCUT2D eigenvalue weighted by molar-refractivity contribution is 0.108. The van der Waals surface area contributed by atoms with Gasteiger partial charge in [-0.15, -0.1) is 0 Å². The zero-order valence-electron chi connectivity index (χ0n) is 5.71. The van der Waals surface area contributed by atoms with Gasteiger partial charge in [-0.2, -0.15) is 5.26 Å². The average molecular weight is 201 g/mol. The molecule has 0 amide bonds. The summed E-state index contributed by atoms with van der Waals surface area (Å²) in [4.78, 5) is 14.3. The highest BCUT2D eigenvalue weighted by Gasteiger charge is 2.11. The Balaban J connectivity index is 3.35. The number of rotatable bonds is 1. The van der Waals surface area contributed by atoms with Gasteiger partial charge in [0.1, 0.15) is 6.07 Å². The van der Waals surface area contributed by atoms with Gasteiger partial charge in [0.05, 0.1) is 16.1 Å². The smallest absolute Gasteiger partial charge is 0.255 e. The van der Waals surface area contributed by atoms with Crippen molar-refractivity contribution in [1.29, 1.82) is 5.26 Å². The number of carbonyl (C=O) groups excluding carboxylic acids is 1. The average Bonchev–Trinajstić information content (AvgIpc) is 2.04.